The number of hydrogen-bond donors (Lipinski definition) is 3. The van der Waals surface area contributed by atoms with Crippen LogP contribution < -0.4 is 10.6 Å². The zero-order valence-corrected chi connectivity index (χ0v) is 21.3. The second kappa shape index (κ2) is 11.5. The number of amides is 3. The van der Waals surface area contributed by atoms with E-state index in [1.807, 2.05) is 30.3 Å². The van der Waals surface area contributed by atoms with E-state index in [4.69, 9.17) is 9.47 Å². The number of benzene rings is 1. The lowest BCUT2D eigenvalue weighted by Gasteiger charge is -2.34. The van der Waals surface area contributed by atoms with Crippen molar-refractivity contribution in [2.45, 2.75) is 50.0 Å². The summed E-state index contributed by atoms with van der Waals surface area (Å²) in [7, 11) is 0. The van der Waals surface area contributed by atoms with Gasteiger partial charge in [-0.1, -0.05) is 30.3 Å². The first kappa shape index (κ1) is 26.1. The van der Waals surface area contributed by atoms with Crippen LogP contribution in [0.4, 0.5) is 0 Å². The maximum atomic E-state index is 13.8. The van der Waals surface area contributed by atoms with Crippen molar-refractivity contribution in [2.24, 2.45) is 11.8 Å². The molecule has 4 aliphatic heterocycles. The number of carbonyl (C=O) groups is 3. The SMILES string of the molecule is O=C(NCCN1CCOCC1)C1N(CCCCO)C(=O)[C@@H]2[C@H](C(=O)NCc3ccccc3)[C@@H]3CCC12O3. The number of nitrogens with zero attached hydrogens (tertiary/aromatic N) is 2. The maximum absolute atomic E-state index is 13.8. The Balaban J connectivity index is 1.30. The molecule has 202 valence electrons. The van der Waals surface area contributed by atoms with E-state index in [0.29, 0.717) is 65.1 Å². The van der Waals surface area contributed by atoms with E-state index >= 15 is 0 Å². The van der Waals surface area contributed by atoms with E-state index in [1.165, 1.54) is 0 Å². The molecule has 4 heterocycles. The van der Waals surface area contributed by atoms with Crippen LogP contribution in [0.15, 0.2) is 30.3 Å². The summed E-state index contributed by atoms with van der Waals surface area (Å²) >= 11 is 0. The molecule has 10 heteroatoms. The highest BCUT2D eigenvalue weighted by atomic mass is 16.5. The highest BCUT2D eigenvalue weighted by Gasteiger charge is 2.74. The number of carbonyl (C=O) groups excluding carboxylic acids is 3. The predicted molar refractivity (Wildman–Crippen MR) is 134 cm³/mol. The van der Waals surface area contributed by atoms with Gasteiger partial charge in [0.15, 0.2) is 0 Å². The standard InChI is InChI=1S/C27H38N4O6/c32-15-5-4-11-31-23(25(34)28-10-12-30-13-16-36-17-14-30)27-9-8-20(37-27)21(22(27)26(31)35)24(33)29-18-19-6-2-1-3-7-19/h1-3,6-7,20-23,32H,4-5,8-18H2,(H,28,34)(H,29,33)/t20-,21+,22-,23?,27?/m0/s1. The average Bonchev–Trinajstić information content (AvgIpc) is 3.56. The molecule has 37 heavy (non-hydrogen) atoms. The summed E-state index contributed by atoms with van der Waals surface area (Å²) in [5, 5.41) is 15.3. The van der Waals surface area contributed by atoms with Gasteiger partial charge in [-0.3, -0.25) is 19.3 Å². The molecule has 1 aromatic carbocycles. The molecule has 3 N–H and O–H groups in total. The summed E-state index contributed by atoms with van der Waals surface area (Å²) in [4.78, 5) is 44.6. The van der Waals surface area contributed by atoms with Crippen molar-refractivity contribution in [2.75, 3.05) is 52.5 Å². The fraction of sp³-hybridized carbons (Fsp3) is 0.667. The van der Waals surface area contributed by atoms with Crippen molar-refractivity contribution in [3.05, 3.63) is 35.9 Å². The normalized spacial score (nSPS) is 30.9. The fourth-order valence-electron chi connectivity index (χ4n) is 6.55. The molecule has 1 aromatic rings. The molecular formula is C27H38N4O6. The first-order valence-corrected chi connectivity index (χ1v) is 13.5. The number of ether oxygens (including phenoxy) is 2. The summed E-state index contributed by atoms with van der Waals surface area (Å²) in [6.45, 7) is 4.99. The van der Waals surface area contributed by atoms with Crippen molar-refractivity contribution in [1.82, 2.24) is 20.4 Å². The van der Waals surface area contributed by atoms with Crippen LogP contribution in [0.2, 0.25) is 0 Å². The van der Waals surface area contributed by atoms with Crippen LogP contribution in [0.1, 0.15) is 31.2 Å². The van der Waals surface area contributed by atoms with Crippen molar-refractivity contribution >= 4 is 17.7 Å². The number of morpholine rings is 1. The Kier molecular flexibility index (Phi) is 8.09. The second-order valence-electron chi connectivity index (χ2n) is 10.5. The number of aliphatic hydroxyl groups is 1. The summed E-state index contributed by atoms with van der Waals surface area (Å²) in [5.41, 5.74) is -0.00536. The van der Waals surface area contributed by atoms with E-state index < -0.39 is 23.5 Å². The summed E-state index contributed by atoms with van der Waals surface area (Å²) in [6, 6.07) is 8.88. The Labute approximate surface area is 217 Å². The second-order valence-corrected chi connectivity index (χ2v) is 10.5. The lowest BCUT2D eigenvalue weighted by atomic mass is 9.70. The first-order chi connectivity index (χ1) is 18.0. The van der Waals surface area contributed by atoms with Gasteiger partial charge in [-0.05, 0) is 31.2 Å². The molecular weight excluding hydrogens is 476 g/mol. The molecule has 1 spiro atoms. The molecule has 4 aliphatic rings. The van der Waals surface area contributed by atoms with Crippen LogP contribution in [0.3, 0.4) is 0 Å². The molecule has 0 radical (unpaired) electrons. The van der Waals surface area contributed by atoms with Gasteiger partial charge in [-0.25, -0.2) is 0 Å². The van der Waals surface area contributed by atoms with E-state index in [-0.39, 0.29) is 30.4 Å². The van der Waals surface area contributed by atoms with Crippen LogP contribution in [0.5, 0.6) is 0 Å². The van der Waals surface area contributed by atoms with Crippen molar-refractivity contribution in [3.8, 4) is 0 Å². The van der Waals surface area contributed by atoms with Gasteiger partial charge in [0, 0.05) is 45.9 Å². The first-order valence-electron chi connectivity index (χ1n) is 13.5. The Hall–Kier alpha value is -2.53. The molecule has 2 bridgehead atoms. The lowest BCUT2D eigenvalue weighted by Crippen LogP contribution is -2.56. The third kappa shape index (κ3) is 5.12. The van der Waals surface area contributed by atoms with Gasteiger partial charge in [0.2, 0.25) is 17.7 Å². The number of rotatable bonds is 11. The van der Waals surface area contributed by atoms with E-state index in [2.05, 4.69) is 15.5 Å². The van der Waals surface area contributed by atoms with E-state index in [9.17, 15) is 19.5 Å². The van der Waals surface area contributed by atoms with Gasteiger partial charge >= 0.3 is 0 Å². The van der Waals surface area contributed by atoms with Crippen LogP contribution in [0.25, 0.3) is 0 Å². The minimum atomic E-state index is -0.987. The molecule has 0 saturated carbocycles. The third-order valence-corrected chi connectivity index (χ3v) is 8.30. The zero-order valence-electron chi connectivity index (χ0n) is 21.3. The van der Waals surface area contributed by atoms with Gasteiger partial charge < -0.3 is 30.1 Å². The van der Waals surface area contributed by atoms with Gasteiger partial charge in [-0.2, -0.15) is 0 Å². The molecule has 5 atom stereocenters. The minimum Gasteiger partial charge on any atom is -0.396 e. The van der Waals surface area contributed by atoms with Crippen LogP contribution >= 0.6 is 0 Å². The highest BCUT2D eigenvalue weighted by Crippen LogP contribution is 2.58. The number of aliphatic hydroxyl groups excluding tert-OH is 1. The lowest BCUT2D eigenvalue weighted by molar-refractivity contribution is -0.142. The number of hydrogen-bond acceptors (Lipinski definition) is 7. The Morgan fingerprint density at radius 2 is 1.84 bits per heavy atom. The quantitative estimate of drug-likeness (QED) is 0.353. The van der Waals surface area contributed by atoms with E-state index in [1.54, 1.807) is 4.90 Å². The average molecular weight is 515 g/mol. The van der Waals surface area contributed by atoms with Gasteiger partial charge in [0.25, 0.3) is 0 Å². The molecule has 0 aliphatic carbocycles. The van der Waals surface area contributed by atoms with Crippen LogP contribution in [0, 0.1) is 11.8 Å². The molecule has 10 nitrogen and oxygen atoms in total. The van der Waals surface area contributed by atoms with Crippen LogP contribution in [-0.2, 0) is 30.4 Å². The predicted octanol–water partition coefficient (Wildman–Crippen LogP) is -0.102. The summed E-state index contributed by atoms with van der Waals surface area (Å²) in [6.07, 6.45) is 1.98. The van der Waals surface area contributed by atoms with Crippen molar-refractivity contribution in [3.63, 3.8) is 0 Å². The molecule has 3 amide bonds. The molecule has 4 saturated heterocycles. The maximum Gasteiger partial charge on any atom is 0.245 e. The summed E-state index contributed by atoms with van der Waals surface area (Å²) in [5.74, 6) is -1.90. The third-order valence-electron chi connectivity index (χ3n) is 8.30. The Morgan fingerprint density at radius 3 is 2.59 bits per heavy atom. The van der Waals surface area contributed by atoms with Crippen LogP contribution in [-0.4, -0.2) is 103 Å². The Bertz CT molecular complexity index is 971. The number of nitrogens with one attached hydrogen (secondary N) is 2. The van der Waals surface area contributed by atoms with Gasteiger partial charge in [0.05, 0.1) is 31.2 Å². The van der Waals surface area contributed by atoms with Gasteiger partial charge in [-0.15, -0.1) is 0 Å². The minimum absolute atomic E-state index is 0.0239. The molecule has 4 fully saturated rings. The number of fused-ring (bicyclic) bond motifs is 1. The number of likely N-dealkylation sites (tertiary alicyclic amines) is 1. The van der Waals surface area contributed by atoms with E-state index in [0.717, 1.165) is 18.7 Å². The fourth-order valence-corrected chi connectivity index (χ4v) is 6.55. The number of unbranched alkanes of at least 4 members (excludes halogenated alkanes) is 1. The topological polar surface area (TPSA) is 120 Å². The zero-order chi connectivity index (χ0) is 25.8. The monoisotopic (exact) mass is 514 g/mol. The van der Waals surface area contributed by atoms with Crippen molar-refractivity contribution < 1.29 is 29.0 Å². The van der Waals surface area contributed by atoms with Gasteiger partial charge in [0.1, 0.15) is 11.6 Å². The largest absolute Gasteiger partial charge is 0.396 e. The summed E-state index contributed by atoms with van der Waals surface area (Å²) < 4.78 is 11.8. The highest BCUT2D eigenvalue weighted by molar-refractivity contribution is 5.98. The molecule has 0 aromatic heterocycles. The Morgan fingerprint density at radius 1 is 1.05 bits per heavy atom. The molecule has 2 unspecified atom stereocenters. The van der Waals surface area contributed by atoms with Crippen molar-refractivity contribution in [1.29, 1.82) is 0 Å². The molecule has 5 rings (SSSR count). The smallest absolute Gasteiger partial charge is 0.245 e.